The fourth-order valence-electron chi connectivity index (χ4n) is 4.27. The van der Waals surface area contributed by atoms with Crippen LogP contribution < -0.4 is 14.9 Å². The van der Waals surface area contributed by atoms with Crippen LogP contribution in [0.15, 0.2) is 60.8 Å². The molecule has 0 spiro atoms. The summed E-state index contributed by atoms with van der Waals surface area (Å²) in [6, 6.07) is 16.4. The van der Waals surface area contributed by atoms with E-state index in [-0.39, 0.29) is 5.91 Å². The van der Waals surface area contributed by atoms with E-state index in [9.17, 15) is 13.2 Å². The van der Waals surface area contributed by atoms with Crippen LogP contribution in [-0.2, 0) is 21.3 Å². The molecule has 38 heavy (non-hydrogen) atoms. The number of rotatable bonds is 8. The second kappa shape index (κ2) is 10.7. The number of amides is 1. The summed E-state index contributed by atoms with van der Waals surface area (Å²) in [4.78, 5) is 27.1. The predicted octanol–water partition coefficient (Wildman–Crippen LogP) is 3.18. The number of carbonyl (C=O) groups excluding carboxylic acids is 1. The van der Waals surface area contributed by atoms with E-state index in [0.717, 1.165) is 10.9 Å². The lowest BCUT2D eigenvalue weighted by Crippen LogP contribution is -2.40. The third-order valence-corrected chi connectivity index (χ3v) is 7.55. The molecular weight excluding hydrogens is 506 g/mol. The molecule has 0 aliphatic carbocycles. The van der Waals surface area contributed by atoms with Crippen molar-refractivity contribution in [2.75, 3.05) is 54.5 Å². The van der Waals surface area contributed by atoms with Gasteiger partial charge in [0.15, 0.2) is 0 Å². The Balaban J connectivity index is 1.38. The summed E-state index contributed by atoms with van der Waals surface area (Å²) >= 11 is 0. The molecule has 12 heteroatoms. The predicted molar refractivity (Wildman–Crippen MR) is 147 cm³/mol. The number of carbonyl (C=O) groups is 1. The Morgan fingerprint density at radius 1 is 1.11 bits per heavy atom. The van der Waals surface area contributed by atoms with Crippen molar-refractivity contribution < 1.29 is 17.9 Å². The number of H-pyrrole nitrogens is 1. The summed E-state index contributed by atoms with van der Waals surface area (Å²) < 4.78 is 30.8. The van der Waals surface area contributed by atoms with Crippen LogP contribution in [0.2, 0.25) is 0 Å². The minimum atomic E-state index is -3.41. The van der Waals surface area contributed by atoms with Gasteiger partial charge in [-0.05, 0) is 35.9 Å². The Morgan fingerprint density at radius 2 is 1.89 bits per heavy atom. The number of para-hydroxylation sites is 1. The van der Waals surface area contributed by atoms with Crippen molar-refractivity contribution in [1.82, 2.24) is 19.9 Å². The van der Waals surface area contributed by atoms with Gasteiger partial charge in [0.1, 0.15) is 11.5 Å². The molecule has 2 aromatic carbocycles. The normalized spacial score (nSPS) is 13.9. The molecule has 1 aliphatic rings. The zero-order valence-corrected chi connectivity index (χ0v) is 22.0. The Bertz CT molecular complexity index is 1560. The average molecular weight is 536 g/mol. The van der Waals surface area contributed by atoms with Crippen LogP contribution in [0.4, 0.5) is 23.1 Å². The number of nitrogens with zero attached hydrogens (tertiary/aromatic N) is 4. The molecule has 1 saturated heterocycles. The van der Waals surface area contributed by atoms with E-state index in [1.165, 1.54) is 17.6 Å². The lowest BCUT2D eigenvalue weighted by molar-refractivity contribution is 0.0303. The first kappa shape index (κ1) is 25.5. The third-order valence-electron chi connectivity index (χ3n) is 6.35. The zero-order chi connectivity index (χ0) is 26.7. The third kappa shape index (κ3) is 5.55. The second-order valence-electron chi connectivity index (χ2n) is 8.96. The number of fused-ring (bicyclic) bond motifs is 1. The minimum Gasteiger partial charge on any atom is -0.378 e. The van der Waals surface area contributed by atoms with Gasteiger partial charge in [-0.15, -0.1) is 0 Å². The number of nitrogens with one attached hydrogen (secondary N) is 3. The molecule has 0 radical (unpaired) electrons. The van der Waals surface area contributed by atoms with E-state index in [2.05, 4.69) is 25.6 Å². The Labute approximate surface area is 220 Å². The molecule has 11 nitrogen and oxygen atoms in total. The maximum absolute atomic E-state index is 12.9. The first-order valence-electron chi connectivity index (χ1n) is 12.1. The van der Waals surface area contributed by atoms with Gasteiger partial charge in [-0.1, -0.05) is 24.3 Å². The van der Waals surface area contributed by atoms with Crippen molar-refractivity contribution in [1.29, 1.82) is 0 Å². The molecule has 198 valence electrons. The van der Waals surface area contributed by atoms with Crippen LogP contribution in [0.3, 0.4) is 0 Å². The van der Waals surface area contributed by atoms with Crippen molar-refractivity contribution in [2.45, 2.75) is 6.54 Å². The molecule has 0 atom stereocenters. The van der Waals surface area contributed by atoms with E-state index in [1.54, 1.807) is 35.4 Å². The fourth-order valence-corrected chi connectivity index (χ4v) is 4.80. The largest absolute Gasteiger partial charge is 0.378 e. The molecule has 1 amide bonds. The number of hydrogen-bond acceptors (Lipinski definition) is 8. The van der Waals surface area contributed by atoms with Crippen LogP contribution in [0, 0.1) is 0 Å². The molecule has 5 rings (SSSR count). The highest BCUT2D eigenvalue weighted by atomic mass is 32.2. The van der Waals surface area contributed by atoms with E-state index in [4.69, 9.17) is 4.74 Å². The molecule has 0 saturated carbocycles. The SMILES string of the molecule is CN(c1ccccc1CNc1nc(Nc2cccc(C(=O)N3CCOCC3)c2)nc2[nH]ccc12)S(C)(=O)=O. The maximum atomic E-state index is 12.9. The number of aromatic amines is 1. The topological polar surface area (TPSA) is 133 Å². The molecule has 0 unspecified atom stereocenters. The lowest BCUT2D eigenvalue weighted by atomic mass is 10.1. The summed E-state index contributed by atoms with van der Waals surface area (Å²) in [5, 5.41) is 7.33. The molecule has 1 aliphatic heterocycles. The zero-order valence-electron chi connectivity index (χ0n) is 21.1. The summed E-state index contributed by atoms with van der Waals surface area (Å²) in [5.74, 6) is 0.883. The Morgan fingerprint density at radius 3 is 2.68 bits per heavy atom. The summed E-state index contributed by atoms with van der Waals surface area (Å²) in [7, 11) is -1.88. The lowest BCUT2D eigenvalue weighted by Gasteiger charge is -2.27. The monoisotopic (exact) mass is 535 g/mol. The van der Waals surface area contributed by atoms with Gasteiger partial charge >= 0.3 is 0 Å². The summed E-state index contributed by atoms with van der Waals surface area (Å²) in [5.41, 5.74) is 3.27. The quantitative estimate of drug-likeness (QED) is 0.313. The van der Waals surface area contributed by atoms with Gasteiger partial charge < -0.3 is 25.3 Å². The van der Waals surface area contributed by atoms with Crippen molar-refractivity contribution in [3.05, 3.63) is 71.9 Å². The van der Waals surface area contributed by atoms with E-state index in [0.29, 0.717) is 67.2 Å². The number of morpholine rings is 1. The van der Waals surface area contributed by atoms with Crippen molar-refractivity contribution in [3.8, 4) is 0 Å². The maximum Gasteiger partial charge on any atom is 0.254 e. The standard InChI is InChI=1S/C26H29N7O4S/c1-32(38(2,35)36)22-9-4-3-6-19(22)17-28-24-21-10-11-27-23(21)30-26(31-24)29-20-8-5-7-18(16-20)25(34)33-12-14-37-15-13-33/h3-11,16H,12-15,17H2,1-2H3,(H3,27,28,29,30,31). The van der Waals surface area contributed by atoms with Crippen LogP contribution in [0.5, 0.6) is 0 Å². The van der Waals surface area contributed by atoms with Gasteiger partial charge in [0, 0.05) is 44.1 Å². The Kier molecular flexibility index (Phi) is 7.16. The van der Waals surface area contributed by atoms with Crippen LogP contribution in [0.25, 0.3) is 11.0 Å². The van der Waals surface area contributed by atoms with E-state index in [1.807, 2.05) is 30.3 Å². The molecular formula is C26H29N7O4S. The van der Waals surface area contributed by atoms with E-state index >= 15 is 0 Å². The molecule has 3 N–H and O–H groups in total. The highest BCUT2D eigenvalue weighted by Crippen LogP contribution is 2.26. The smallest absolute Gasteiger partial charge is 0.254 e. The molecule has 4 aromatic rings. The highest BCUT2D eigenvalue weighted by Gasteiger charge is 2.19. The average Bonchev–Trinajstić information content (AvgIpc) is 3.40. The van der Waals surface area contributed by atoms with Crippen molar-refractivity contribution in [3.63, 3.8) is 0 Å². The number of hydrogen-bond donors (Lipinski definition) is 3. The van der Waals surface area contributed by atoms with Crippen molar-refractivity contribution in [2.24, 2.45) is 0 Å². The number of sulfonamides is 1. The van der Waals surface area contributed by atoms with Gasteiger partial charge in [-0.2, -0.15) is 9.97 Å². The van der Waals surface area contributed by atoms with Crippen LogP contribution in [-0.4, -0.2) is 73.8 Å². The highest BCUT2D eigenvalue weighted by molar-refractivity contribution is 7.92. The molecule has 1 fully saturated rings. The van der Waals surface area contributed by atoms with Gasteiger partial charge in [0.2, 0.25) is 16.0 Å². The number of benzene rings is 2. The summed E-state index contributed by atoms with van der Waals surface area (Å²) in [6.45, 7) is 2.57. The van der Waals surface area contributed by atoms with Gasteiger partial charge in [-0.25, -0.2) is 8.42 Å². The first-order chi connectivity index (χ1) is 18.3. The van der Waals surface area contributed by atoms with Crippen LogP contribution in [0.1, 0.15) is 15.9 Å². The fraction of sp³-hybridized carbons (Fsp3) is 0.269. The number of ether oxygens (including phenoxy) is 1. The number of anilines is 4. The van der Waals surface area contributed by atoms with E-state index < -0.39 is 10.0 Å². The Hall–Kier alpha value is -4.16. The number of aromatic nitrogens is 3. The molecule has 2 aromatic heterocycles. The van der Waals surface area contributed by atoms with Crippen LogP contribution >= 0.6 is 0 Å². The van der Waals surface area contributed by atoms with Gasteiger partial charge in [0.05, 0.1) is 30.5 Å². The first-order valence-corrected chi connectivity index (χ1v) is 14.0. The molecule has 0 bridgehead atoms. The van der Waals surface area contributed by atoms with Gasteiger partial charge in [0.25, 0.3) is 5.91 Å². The summed E-state index contributed by atoms with van der Waals surface area (Å²) in [6.07, 6.45) is 2.95. The van der Waals surface area contributed by atoms with Crippen molar-refractivity contribution >= 4 is 50.1 Å². The van der Waals surface area contributed by atoms with Gasteiger partial charge in [-0.3, -0.25) is 9.10 Å². The minimum absolute atomic E-state index is 0.0437. The second-order valence-corrected chi connectivity index (χ2v) is 11.0. The molecule has 3 heterocycles.